The van der Waals surface area contributed by atoms with Crippen LogP contribution in [0.3, 0.4) is 0 Å². The summed E-state index contributed by atoms with van der Waals surface area (Å²) < 4.78 is 67.2. The summed E-state index contributed by atoms with van der Waals surface area (Å²) >= 11 is 0. The fraction of sp³-hybridized carbons (Fsp3) is 0.630. The maximum atomic E-state index is 14.0. The minimum Gasteiger partial charge on any atom is -0.349 e. The lowest BCUT2D eigenvalue weighted by atomic mass is 9.81. The first-order chi connectivity index (χ1) is 19.9. The highest BCUT2D eigenvalue weighted by molar-refractivity contribution is 5.92. The van der Waals surface area contributed by atoms with Crippen LogP contribution in [0.25, 0.3) is 5.65 Å². The molecule has 2 amide bonds. The van der Waals surface area contributed by atoms with Gasteiger partial charge < -0.3 is 10.6 Å². The van der Waals surface area contributed by atoms with Crippen LogP contribution in [0.15, 0.2) is 24.7 Å². The molecule has 3 aromatic rings. The fourth-order valence-electron chi connectivity index (χ4n) is 5.39. The van der Waals surface area contributed by atoms with Gasteiger partial charge in [0.15, 0.2) is 11.3 Å². The molecular formula is C27H33F5N8O2. The Kier molecular flexibility index (Phi) is 8.46. The average Bonchev–Trinajstić information content (AvgIpc) is 3.49. The van der Waals surface area contributed by atoms with Crippen molar-refractivity contribution in [3.8, 4) is 0 Å². The number of hydrogen-bond donors (Lipinski definition) is 2. The van der Waals surface area contributed by atoms with E-state index in [1.54, 1.807) is 12.4 Å². The Morgan fingerprint density at radius 2 is 1.76 bits per heavy atom. The summed E-state index contributed by atoms with van der Waals surface area (Å²) in [6.07, 6.45) is 1.53. The van der Waals surface area contributed by atoms with Crippen molar-refractivity contribution < 1.29 is 31.5 Å². The third kappa shape index (κ3) is 7.40. The molecule has 2 saturated carbocycles. The average molecular weight is 597 g/mol. The molecule has 2 N–H and O–H groups in total. The van der Waals surface area contributed by atoms with Gasteiger partial charge in [0.1, 0.15) is 0 Å². The maximum absolute atomic E-state index is 14.0. The number of fused-ring (bicyclic) bond motifs is 1. The number of carbonyl (C=O) groups is 2. The predicted octanol–water partition coefficient (Wildman–Crippen LogP) is 4.94. The van der Waals surface area contributed by atoms with Crippen molar-refractivity contribution in [2.24, 2.45) is 11.8 Å². The lowest BCUT2D eigenvalue weighted by Crippen LogP contribution is -2.37. The number of carbonyl (C=O) groups excluding carboxylic acids is 2. The number of aryl methyl sites for hydroxylation is 1. The van der Waals surface area contributed by atoms with E-state index in [4.69, 9.17) is 4.98 Å². The van der Waals surface area contributed by atoms with Crippen molar-refractivity contribution in [3.63, 3.8) is 0 Å². The van der Waals surface area contributed by atoms with E-state index >= 15 is 0 Å². The van der Waals surface area contributed by atoms with Crippen LogP contribution in [-0.2, 0) is 11.3 Å². The van der Waals surface area contributed by atoms with Crippen LogP contribution in [0.4, 0.5) is 22.0 Å². The van der Waals surface area contributed by atoms with E-state index in [0.29, 0.717) is 23.7 Å². The fourth-order valence-corrected chi connectivity index (χ4v) is 5.39. The molecule has 0 bridgehead atoms. The van der Waals surface area contributed by atoms with Gasteiger partial charge in [0.05, 0.1) is 49.3 Å². The molecule has 3 heterocycles. The van der Waals surface area contributed by atoms with Gasteiger partial charge in [-0.25, -0.2) is 18.3 Å². The van der Waals surface area contributed by atoms with Crippen molar-refractivity contribution >= 4 is 17.5 Å². The van der Waals surface area contributed by atoms with E-state index in [1.165, 1.54) is 4.52 Å². The van der Waals surface area contributed by atoms with Gasteiger partial charge in [-0.05, 0) is 55.6 Å². The zero-order valence-corrected chi connectivity index (χ0v) is 23.1. The second-order valence-electron chi connectivity index (χ2n) is 11.2. The van der Waals surface area contributed by atoms with Crippen LogP contribution in [0.2, 0.25) is 0 Å². The summed E-state index contributed by atoms with van der Waals surface area (Å²) in [5.74, 6) is -3.59. The van der Waals surface area contributed by atoms with Gasteiger partial charge in [0, 0.05) is 19.3 Å². The number of alkyl halides is 5. The molecule has 42 heavy (non-hydrogen) atoms. The molecule has 2 aliphatic carbocycles. The lowest BCUT2D eigenvalue weighted by Gasteiger charge is -2.33. The predicted molar refractivity (Wildman–Crippen MR) is 139 cm³/mol. The van der Waals surface area contributed by atoms with Crippen LogP contribution < -0.4 is 10.6 Å². The standard InChI is InChI=1S/C27H33F5N8O2/c1-2-3-22(41)36-23(16-4-5-16)18-12-21-35-20(15-39(21)33-13-18)24(17-6-8-26(28,29)9-7-17)37-25(42)19-14-34-40(38-19)11-10-27(30,31)32/h12-17,23-24H,2-11H2,1H3,(H,36,41)(H,37,42)/t23-,24+/m1/s1. The molecule has 0 saturated heterocycles. The molecule has 15 heteroatoms. The van der Waals surface area contributed by atoms with Crippen LogP contribution in [0.1, 0.15) is 98.5 Å². The van der Waals surface area contributed by atoms with Gasteiger partial charge in [-0.3, -0.25) is 9.59 Å². The Morgan fingerprint density at radius 3 is 2.43 bits per heavy atom. The molecule has 228 valence electrons. The molecule has 0 radical (unpaired) electrons. The van der Waals surface area contributed by atoms with Crippen molar-refractivity contribution in [2.45, 2.75) is 95.4 Å². The molecular weight excluding hydrogens is 563 g/mol. The van der Waals surface area contributed by atoms with Crippen molar-refractivity contribution in [1.82, 2.24) is 40.2 Å². The second-order valence-corrected chi connectivity index (χ2v) is 11.2. The Bertz CT molecular complexity index is 1410. The van der Waals surface area contributed by atoms with Gasteiger partial charge in [-0.2, -0.15) is 28.2 Å². The molecule has 0 spiro atoms. The third-order valence-electron chi connectivity index (χ3n) is 7.81. The monoisotopic (exact) mass is 596 g/mol. The van der Waals surface area contributed by atoms with Crippen molar-refractivity contribution in [3.05, 3.63) is 41.6 Å². The van der Waals surface area contributed by atoms with Gasteiger partial charge >= 0.3 is 6.18 Å². The van der Waals surface area contributed by atoms with Crippen LogP contribution in [0, 0.1) is 11.8 Å². The summed E-state index contributed by atoms with van der Waals surface area (Å²) in [5, 5.41) is 18.0. The Balaban J connectivity index is 1.38. The number of nitrogens with zero attached hydrogens (tertiary/aromatic N) is 6. The largest absolute Gasteiger partial charge is 0.390 e. The van der Waals surface area contributed by atoms with Gasteiger partial charge in [0.25, 0.3) is 5.91 Å². The topological polar surface area (TPSA) is 119 Å². The number of amides is 2. The highest BCUT2D eigenvalue weighted by atomic mass is 19.4. The maximum Gasteiger partial charge on any atom is 0.390 e. The summed E-state index contributed by atoms with van der Waals surface area (Å²) in [4.78, 5) is 30.9. The highest BCUT2D eigenvalue weighted by Gasteiger charge is 2.40. The van der Waals surface area contributed by atoms with Crippen LogP contribution in [0.5, 0.6) is 0 Å². The van der Waals surface area contributed by atoms with Gasteiger partial charge in [-0.1, -0.05) is 6.92 Å². The first-order valence-corrected chi connectivity index (χ1v) is 14.2. The van der Waals surface area contributed by atoms with E-state index in [1.807, 2.05) is 13.0 Å². The lowest BCUT2D eigenvalue weighted by molar-refractivity contribution is -0.137. The first-order valence-electron chi connectivity index (χ1n) is 14.2. The first kappa shape index (κ1) is 29.8. The molecule has 0 unspecified atom stereocenters. The Labute approximate surface area is 238 Å². The SMILES string of the molecule is CCCC(=O)N[C@@H](c1cnn2cc([C@@H](NC(=O)c3cnn(CCC(F)(F)F)n3)C3CCC(F)(F)CC3)nc2c1)C1CC1. The number of aromatic nitrogens is 6. The van der Waals surface area contributed by atoms with E-state index in [0.717, 1.165) is 35.8 Å². The molecule has 2 atom stereocenters. The van der Waals surface area contributed by atoms with Crippen molar-refractivity contribution in [1.29, 1.82) is 0 Å². The zero-order valence-electron chi connectivity index (χ0n) is 23.1. The van der Waals surface area contributed by atoms with E-state index in [9.17, 15) is 31.5 Å². The second kappa shape index (κ2) is 11.9. The van der Waals surface area contributed by atoms with Crippen LogP contribution >= 0.6 is 0 Å². The minimum absolute atomic E-state index is 0.0366. The third-order valence-corrected chi connectivity index (χ3v) is 7.81. The number of rotatable bonds is 11. The molecule has 0 aliphatic heterocycles. The highest BCUT2D eigenvalue weighted by Crippen LogP contribution is 2.42. The van der Waals surface area contributed by atoms with Crippen LogP contribution in [-0.4, -0.2) is 53.5 Å². The summed E-state index contributed by atoms with van der Waals surface area (Å²) in [5.41, 5.74) is 1.49. The smallest absolute Gasteiger partial charge is 0.349 e. The molecule has 5 rings (SSSR count). The number of hydrogen-bond acceptors (Lipinski definition) is 6. The summed E-state index contributed by atoms with van der Waals surface area (Å²) in [6.45, 7) is 1.39. The number of imidazole rings is 1. The normalized spacial score (nSPS) is 19.0. The summed E-state index contributed by atoms with van der Waals surface area (Å²) in [6, 6.07) is 0.853. The van der Waals surface area contributed by atoms with E-state index in [2.05, 4.69) is 25.9 Å². The number of halogens is 5. The van der Waals surface area contributed by atoms with Gasteiger partial charge in [0.2, 0.25) is 11.8 Å². The number of nitrogens with one attached hydrogen (secondary N) is 2. The molecule has 0 aromatic carbocycles. The molecule has 2 aliphatic rings. The molecule has 10 nitrogen and oxygen atoms in total. The quantitative estimate of drug-likeness (QED) is 0.303. The van der Waals surface area contributed by atoms with E-state index < -0.39 is 37.0 Å². The zero-order chi connectivity index (χ0) is 30.1. The van der Waals surface area contributed by atoms with E-state index in [-0.39, 0.29) is 49.2 Å². The Hall–Kier alpha value is -3.65. The van der Waals surface area contributed by atoms with Crippen molar-refractivity contribution in [2.75, 3.05) is 0 Å². The molecule has 2 fully saturated rings. The minimum atomic E-state index is -4.40. The van der Waals surface area contributed by atoms with Gasteiger partial charge in [-0.15, -0.1) is 5.10 Å². The summed E-state index contributed by atoms with van der Waals surface area (Å²) in [7, 11) is 0. The molecule has 3 aromatic heterocycles. The Morgan fingerprint density at radius 1 is 1.05 bits per heavy atom.